The highest BCUT2D eigenvalue weighted by Crippen LogP contribution is 2.39. The van der Waals surface area contributed by atoms with Crippen molar-refractivity contribution in [2.24, 2.45) is 4.99 Å². The summed E-state index contributed by atoms with van der Waals surface area (Å²) in [6.07, 6.45) is 17.6. The molecule has 4 rings (SSSR count). The zero-order valence-corrected chi connectivity index (χ0v) is 26.6. The molecule has 6 nitrogen and oxygen atoms in total. The highest BCUT2D eigenvalue weighted by molar-refractivity contribution is 7.16. The number of anilines is 2. The maximum Gasteiger partial charge on any atom is 0.307 e. The largest absolute Gasteiger partial charge is 0.449 e. The molecule has 7 heteroatoms. The fourth-order valence-electron chi connectivity index (χ4n) is 5.88. The number of aliphatic imine (C=N–C) groups is 1. The van der Waals surface area contributed by atoms with Crippen LogP contribution in [0.4, 0.5) is 16.4 Å². The van der Waals surface area contributed by atoms with Gasteiger partial charge in [-0.25, -0.2) is 4.99 Å². The van der Waals surface area contributed by atoms with Crippen molar-refractivity contribution >= 4 is 39.5 Å². The first-order valence-corrected chi connectivity index (χ1v) is 17.1. The predicted molar refractivity (Wildman–Crippen MR) is 174 cm³/mol. The molecule has 0 saturated carbocycles. The Kier molecular flexibility index (Phi) is 13.0. The monoisotopic (exact) mass is 580 g/mol. The van der Waals surface area contributed by atoms with Gasteiger partial charge in [-0.2, -0.15) is 0 Å². The van der Waals surface area contributed by atoms with Crippen molar-refractivity contribution in [1.29, 1.82) is 0 Å². The summed E-state index contributed by atoms with van der Waals surface area (Å²) in [5.74, 6) is 0.977. The van der Waals surface area contributed by atoms with Gasteiger partial charge in [0.1, 0.15) is 17.6 Å². The number of hydrogen-bond donors (Lipinski definition) is 1. The van der Waals surface area contributed by atoms with E-state index in [4.69, 9.17) is 9.73 Å². The molecule has 2 aliphatic heterocycles. The van der Waals surface area contributed by atoms with E-state index in [1.54, 1.807) is 11.3 Å². The predicted octanol–water partition coefficient (Wildman–Crippen LogP) is 9.18. The second kappa shape index (κ2) is 16.9. The van der Waals surface area contributed by atoms with Crippen LogP contribution in [0.3, 0.4) is 0 Å². The minimum absolute atomic E-state index is 0.0584. The van der Waals surface area contributed by atoms with E-state index in [9.17, 15) is 4.79 Å². The summed E-state index contributed by atoms with van der Waals surface area (Å²) in [5, 5.41) is 4.76. The van der Waals surface area contributed by atoms with Crippen LogP contribution in [-0.4, -0.2) is 54.0 Å². The third-order valence-corrected chi connectivity index (χ3v) is 9.38. The molecule has 1 unspecified atom stereocenters. The van der Waals surface area contributed by atoms with Crippen molar-refractivity contribution in [3.05, 3.63) is 40.8 Å². The number of thiophene rings is 1. The molecule has 3 heterocycles. The lowest BCUT2D eigenvalue weighted by Gasteiger charge is -2.40. The van der Waals surface area contributed by atoms with Gasteiger partial charge in [0.15, 0.2) is 0 Å². The molecule has 0 aliphatic carbocycles. The minimum Gasteiger partial charge on any atom is -0.449 e. The van der Waals surface area contributed by atoms with Crippen molar-refractivity contribution in [2.75, 3.05) is 31.7 Å². The van der Waals surface area contributed by atoms with Crippen molar-refractivity contribution in [3.8, 4) is 0 Å². The molecule has 0 spiro atoms. The molecule has 1 atom stereocenters. The molecule has 0 radical (unpaired) electrons. The Bertz CT molecular complexity index is 1110. The van der Waals surface area contributed by atoms with Gasteiger partial charge < -0.3 is 15.0 Å². The van der Waals surface area contributed by atoms with Crippen LogP contribution in [0, 0.1) is 6.92 Å². The number of hydrogen-bond acceptors (Lipinski definition) is 7. The van der Waals surface area contributed by atoms with Gasteiger partial charge in [0.25, 0.3) is 0 Å². The summed E-state index contributed by atoms with van der Waals surface area (Å²) in [7, 11) is 0. The number of esters is 1. The van der Waals surface area contributed by atoms with Crippen LogP contribution in [0.15, 0.2) is 35.3 Å². The van der Waals surface area contributed by atoms with Gasteiger partial charge in [-0.05, 0) is 38.5 Å². The van der Waals surface area contributed by atoms with E-state index in [-0.39, 0.29) is 12.0 Å². The van der Waals surface area contributed by atoms with Crippen LogP contribution >= 0.6 is 11.3 Å². The van der Waals surface area contributed by atoms with Crippen LogP contribution in [0.25, 0.3) is 0 Å². The van der Waals surface area contributed by atoms with Gasteiger partial charge in [0, 0.05) is 37.0 Å². The molecule has 2 aromatic rings. The Morgan fingerprint density at radius 1 is 0.976 bits per heavy atom. The maximum atomic E-state index is 12.4. The first-order chi connectivity index (χ1) is 20.0. The van der Waals surface area contributed by atoms with Crippen LogP contribution < -0.4 is 5.32 Å². The number of benzene rings is 1. The molecule has 1 fully saturated rings. The summed E-state index contributed by atoms with van der Waals surface area (Å²) in [5.41, 5.74) is 3.20. The summed E-state index contributed by atoms with van der Waals surface area (Å²) in [4.78, 5) is 23.5. The number of nitrogens with one attached hydrogen (secondary N) is 1. The standard InChI is InChI=1S/C34H52N4O2S/c1-4-5-6-7-8-9-10-11-12-13-14-15-16-21-32(39)40-26-38-23-22-37(25-27(38)2)33-29-24-28(3)41-34(29)36-31-20-18-17-19-30(31)35-33/h17-20,24,27,36H,4-16,21-23,25-26H2,1-3H3. The Hall–Kier alpha value is -2.38. The van der Waals surface area contributed by atoms with E-state index in [1.807, 2.05) is 12.1 Å². The van der Waals surface area contributed by atoms with Gasteiger partial charge >= 0.3 is 5.97 Å². The zero-order chi connectivity index (χ0) is 28.9. The molecule has 0 bridgehead atoms. The third kappa shape index (κ3) is 9.85. The molecule has 0 amide bonds. The number of para-hydroxylation sites is 2. The first kappa shape index (κ1) is 31.6. The van der Waals surface area contributed by atoms with E-state index in [2.05, 4.69) is 54.1 Å². The number of carbonyl (C=O) groups is 1. The zero-order valence-electron chi connectivity index (χ0n) is 25.8. The van der Waals surface area contributed by atoms with E-state index in [1.165, 1.54) is 81.1 Å². The number of aryl methyl sites for hydroxylation is 1. The second-order valence-electron chi connectivity index (χ2n) is 11.9. The summed E-state index contributed by atoms with van der Waals surface area (Å²) >= 11 is 1.78. The fourth-order valence-corrected chi connectivity index (χ4v) is 6.80. The minimum atomic E-state index is -0.0584. The molecule has 1 aromatic heterocycles. The van der Waals surface area contributed by atoms with Crippen molar-refractivity contribution < 1.29 is 9.53 Å². The molecule has 226 valence electrons. The van der Waals surface area contributed by atoms with Crippen LogP contribution in [-0.2, 0) is 9.53 Å². The Morgan fingerprint density at radius 3 is 2.32 bits per heavy atom. The Balaban J connectivity index is 1.11. The first-order valence-electron chi connectivity index (χ1n) is 16.3. The normalized spacial score (nSPS) is 16.9. The molecular formula is C34H52N4O2S. The SMILES string of the molecule is CCCCCCCCCCCCCCCC(=O)OCN1CCN(C2=Nc3ccccc3Nc3sc(C)cc32)CC1C. The average molecular weight is 581 g/mol. The lowest BCUT2D eigenvalue weighted by Crippen LogP contribution is -2.54. The maximum absolute atomic E-state index is 12.4. The molecular weight excluding hydrogens is 528 g/mol. The number of ether oxygens (including phenoxy) is 1. The molecule has 41 heavy (non-hydrogen) atoms. The van der Waals surface area contributed by atoms with Gasteiger partial charge in [-0.1, -0.05) is 96.1 Å². The topological polar surface area (TPSA) is 57.2 Å². The van der Waals surface area contributed by atoms with Crippen molar-refractivity contribution in [2.45, 2.75) is 117 Å². The van der Waals surface area contributed by atoms with Crippen LogP contribution in [0.2, 0.25) is 0 Å². The summed E-state index contributed by atoms with van der Waals surface area (Å²) < 4.78 is 5.70. The fraction of sp³-hybridized carbons (Fsp3) is 0.647. The number of unbranched alkanes of at least 4 members (excludes halogenated alkanes) is 12. The Morgan fingerprint density at radius 2 is 1.63 bits per heavy atom. The molecule has 1 saturated heterocycles. The van der Waals surface area contributed by atoms with Gasteiger partial charge in [-0.3, -0.25) is 9.69 Å². The summed E-state index contributed by atoms with van der Waals surface area (Å²) in [6, 6.07) is 10.8. The van der Waals surface area contributed by atoms with Crippen LogP contribution in [0.1, 0.15) is 114 Å². The average Bonchev–Trinajstić information content (AvgIpc) is 3.26. The quantitative estimate of drug-likeness (QED) is 0.158. The lowest BCUT2D eigenvalue weighted by atomic mass is 10.0. The van der Waals surface area contributed by atoms with Crippen molar-refractivity contribution in [1.82, 2.24) is 9.80 Å². The number of amidine groups is 1. The molecule has 1 aromatic carbocycles. The van der Waals surface area contributed by atoms with Gasteiger partial charge in [0.2, 0.25) is 0 Å². The van der Waals surface area contributed by atoms with E-state index in [0.717, 1.165) is 54.7 Å². The lowest BCUT2D eigenvalue weighted by molar-refractivity contribution is -0.150. The van der Waals surface area contributed by atoms with Crippen LogP contribution in [0.5, 0.6) is 0 Å². The number of piperazine rings is 1. The second-order valence-corrected chi connectivity index (χ2v) is 13.2. The number of carbonyl (C=O) groups excluding carboxylic acids is 1. The molecule has 1 N–H and O–H groups in total. The Labute approximate surface area is 252 Å². The highest BCUT2D eigenvalue weighted by Gasteiger charge is 2.30. The van der Waals surface area contributed by atoms with Gasteiger partial charge in [0.05, 0.1) is 16.9 Å². The smallest absolute Gasteiger partial charge is 0.307 e. The third-order valence-electron chi connectivity index (χ3n) is 8.42. The highest BCUT2D eigenvalue weighted by atomic mass is 32.1. The number of rotatable bonds is 16. The van der Waals surface area contributed by atoms with E-state index in [0.29, 0.717) is 13.2 Å². The summed E-state index contributed by atoms with van der Waals surface area (Å²) in [6.45, 7) is 9.58. The molecule has 2 aliphatic rings. The van der Waals surface area contributed by atoms with E-state index >= 15 is 0 Å². The van der Waals surface area contributed by atoms with Crippen molar-refractivity contribution in [3.63, 3.8) is 0 Å². The van der Waals surface area contributed by atoms with E-state index < -0.39 is 0 Å². The number of fused-ring (bicyclic) bond motifs is 2. The number of nitrogens with zero attached hydrogens (tertiary/aromatic N) is 3. The van der Waals surface area contributed by atoms with Gasteiger partial charge in [-0.15, -0.1) is 11.3 Å².